The molecule has 3 rings (SSSR count). The molecule has 118 valence electrons. The summed E-state index contributed by atoms with van der Waals surface area (Å²) >= 11 is 0. The molecule has 21 heavy (non-hydrogen) atoms. The van der Waals surface area contributed by atoms with Crippen LogP contribution in [0.3, 0.4) is 0 Å². The van der Waals surface area contributed by atoms with E-state index < -0.39 is 5.60 Å². The molecule has 0 radical (unpaired) electrons. The lowest BCUT2D eigenvalue weighted by Gasteiger charge is -2.42. The first-order valence-corrected chi connectivity index (χ1v) is 8.17. The van der Waals surface area contributed by atoms with Crippen LogP contribution in [0.5, 0.6) is 0 Å². The quantitative estimate of drug-likeness (QED) is 0.756. The van der Waals surface area contributed by atoms with Crippen molar-refractivity contribution in [3.8, 4) is 0 Å². The number of rotatable bonds is 1. The van der Waals surface area contributed by atoms with Gasteiger partial charge in [-0.3, -0.25) is 0 Å². The van der Waals surface area contributed by atoms with Crippen LogP contribution in [0.15, 0.2) is 11.6 Å². The van der Waals surface area contributed by atoms with Crippen molar-refractivity contribution in [2.45, 2.75) is 64.6 Å². The molecule has 0 aromatic rings. The number of piperidine rings is 1. The Labute approximate surface area is 127 Å². The van der Waals surface area contributed by atoms with E-state index >= 15 is 0 Å². The Morgan fingerprint density at radius 1 is 1.33 bits per heavy atom. The minimum atomic E-state index is -0.445. The Hall–Kier alpha value is -1.03. The van der Waals surface area contributed by atoms with Crippen LogP contribution < -0.4 is 0 Å². The molecule has 0 bridgehead atoms. The van der Waals surface area contributed by atoms with Crippen molar-refractivity contribution in [2.75, 3.05) is 13.1 Å². The van der Waals surface area contributed by atoms with E-state index in [2.05, 4.69) is 6.08 Å². The van der Waals surface area contributed by atoms with Gasteiger partial charge in [0.15, 0.2) is 0 Å². The maximum absolute atomic E-state index is 12.1. The molecule has 2 aliphatic carbocycles. The summed E-state index contributed by atoms with van der Waals surface area (Å²) in [5, 5.41) is 10.7. The fraction of sp³-hybridized carbons (Fsp3) is 0.824. The van der Waals surface area contributed by atoms with E-state index in [0.717, 1.165) is 19.3 Å². The van der Waals surface area contributed by atoms with Crippen molar-refractivity contribution in [1.29, 1.82) is 0 Å². The molecule has 1 spiro atoms. The molecular weight excluding hydrogens is 266 g/mol. The second-order valence-corrected chi connectivity index (χ2v) is 7.91. The number of nitrogens with zero attached hydrogens (tertiary/aromatic N) is 1. The highest BCUT2D eigenvalue weighted by Crippen LogP contribution is 2.52. The largest absolute Gasteiger partial charge is 0.444 e. The van der Waals surface area contributed by atoms with Gasteiger partial charge in [-0.15, -0.1) is 0 Å². The molecule has 1 heterocycles. The van der Waals surface area contributed by atoms with Crippen molar-refractivity contribution >= 4 is 6.09 Å². The van der Waals surface area contributed by atoms with Gasteiger partial charge in [0.25, 0.3) is 0 Å². The van der Waals surface area contributed by atoms with Crippen LogP contribution in [0.2, 0.25) is 0 Å². The average molecular weight is 293 g/mol. The first-order chi connectivity index (χ1) is 9.81. The van der Waals surface area contributed by atoms with Gasteiger partial charge in [0.2, 0.25) is 0 Å². The zero-order valence-corrected chi connectivity index (χ0v) is 13.4. The lowest BCUT2D eigenvalue weighted by molar-refractivity contribution is -0.0140. The molecule has 1 aliphatic heterocycles. The standard InChI is InChI=1S/C17H27NO3/c1-16(2,3)21-15(20)18-10-8-17(9-11-18)7-6-13(14(17)19)12-4-5-12/h6,12,14,19H,4-5,7-11H2,1-3H3. The SMILES string of the molecule is CC(C)(C)OC(=O)N1CCC2(CC=C(C3CC3)C2O)CC1. The zero-order chi connectivity index (χ0) is 15.3. The van der Waals surface area contributed by atoms with E-state index in [9.17, 15) is 9.90 Å². The van der Waals surface area contributed by atoms with Crippen LogP contribution in [-0.4, -0.2) is 40.9 Å². The summed E-state index contributed by atoms with van der Waals surface area (Å²) in [5.74, 6) is 0.642. The Bertz CT molecular complexity index is 451. The summed E-state index contributed by atoms with van der Waals surface area (Å²) in [4.78, 5) is 13.9. The number of carbonyl (C=O) groups is 1. The molecule has 4 heteroatoms. The van der Waals surface area contributed by atoms with Crippen LogP contribution >= 0.6 is 0 Å². The molecule has 1 amide bonds. The molecule has 2 fully saturated rings. The fourth-order valence-electron chi connectivity index (χ4n) is 3.64. The number of allylic oxidation sites excluding steroid dienone is 1. The Morgan fingerprint density at radius 3 is 2.48 bits per heavy atom. The lowest BCUT2D eigenvalue weighted by Crippen LogP contribution is -2.48. The third kappa shape index (κ3) is 2.96. The highest BCUT2D eigenvalue weighted by Gasteiger charge is 2.49. The molecule has 1 saturated heterocycles. The predicted octanol–water partition coefficient (Wildman–Crippen LogP) is 3.10. The van der Waals surface area contributed by atoms with Gasteiger partial charge in [0.1, 0.15) is 5.60 Å². The number of carbonyl (C=O) groups excluding carboxylic acids is 1. The number of hydrogen-bond acceptors (Lipinski definition) is 3. The average Bonchev–Trinajstić information content (AvgIpc) is 3.18. The van der Waals surface area contributed by atoms with E-state index in [0.29, 0.717) is 19.0 Å². The summed E-state index contributed by atoms with van der Waals surface area (Å²) in [6.07, 6.45) is 6.96. The summed E-state index contributed by atoms with van der Waals surface area (Å²) in [6.45, 7) is 7.06. The summed E-state index contributed by atoms with van der Waals surface area (Å²) in [5.41, 5.74) is 0.816. The van der Waals surface area contributed by atoms with E-state index in [4.69, 9.17) is 4.74 Å². The first-order valence-electron chi connectivity index (χ1n) is 8.17. The molecule has 1 atom stereocenters. The first kappa shape index (κ1) is 14.9. The zero-order valence-electron chi connectivity index (χ0n) is 13.4. The van der Waals surface area contributed by atoms with Gasteiger partial charge in [-0.2, -0.15) is 0 Å². The minimum Gasteiger partial charge on any atom is -0.444 e. The number of ether oxygens (including phenoxy) is 1. The molecule has 1 N–H and O–H groups in total. The highest BCUT2D eigenvalue weighted by molar-refractivity contribution is 5.68. The maximum Gasteiger partial charge on any atom is 0.410 e. The van der Waals surface area contributed by atoms with E-state index in [1.54, 1.807) is 4.90 Å². The minimum absolute atomic E-state index is 0.0174. The third-order valence-electron chi connectivity index (χ3n) is 5.10. The van der Waals surface area contributed by atoms with Crippen LogP contribution in [0, 0.1) is 11.3 Å². The molecule has 1 saturated carbocycles. The van der Waals surface area contributed by atoms with Gasteiger partial charge in [-0.25, -0.2) is 4.79 Å². The molecule has 4 nitrogen and oxygen atoms in total. The lowest BCUT2D eigenvalue weighted by atomic mass is 9.73. The number of aliphatic hydroxyl groups excluding tert-OH is 1. The molecule has 0 aromatic heterocycles. The highest BCUT2D eigenvalue weighted by atomic mass is 16.6. The Morgan fingerprint density at radius 2 is 1.95 bits per heavy atom. The second kappa shape index (κ2) is 5.01. The van der Waals surface area contributed by atoms with Gasteiger partial charge in [0.05, 0.1) is 6.10 Å². The number of likely N-dealkylation sites (tertiary alicyclic amines) is 1. The topological polar surface area (TPSA) is 49.8 Å². The van der Waals surface area contributed by atoms with Crippen LogP contribution in [0.1, 0.15) is 52.9 Å². The third-order valence-corrected chi connectivity index (χ3v) is 5.10. The van der Waals surface area contributed by atoms with Crippen molar-refractivity contribution < 1.29 is 14.6 Å². The number of aliphatic hydroxyl groups is 1. The molecule has 1 unspecified atom stereocenters. The van der Waals surface area contributed by atoms with Gasteiger partial charge >= 0.3 is 6.09 Å². The Balaban J connectivity index is 1.57. The molecule has 0 aromatic carbocycles. The fourth-order valence-corrected chi connectivity index (χ4v) is 3.64. The number of hydrogen-bond donors (Lipinski definition) is 1. The van der Waals surface area contributed by atoms with Crippen LogP contribution in [0.4, 0.5) is 4.79 Å². The van der Waals surface area contributed by atoms with Crippen LogP contribution in [-0.2, 0) is 4.74 Å². The predicted molar refractivity (Wildman–Crippen MR) is 80.9 cm³/mol. The van der Waals surface area contributed by atoms with Gasteiger partial charge in [0, 0.05) is 18.5 Å². The van der Waals surface area contributed by atoms with Gasteiger partial charge < -0.3 is 14.7 Å². The molecule has 3 aliphatic rings. The van der Waals surface area contributed by atoms with Crippen molar-refractivity contribution in [3.63, 3.8) is 0 Å². The van der Waals surface area contributed by atoms with Crippen molar-refractivity contribution in [1.82, 2.24) is 4.90 Å². The van der Waals surface area contributed by atoms with Crippen LogP contribution in [0.25, 0.3) is 0 Å². The summed E-state index contributed by atoms with van der Waals surface area (Å²) in [7, 11) is 0. The van der Waals surface area contributed by atoms with E-state index in [1.165, 1.54) is 18.4 Å². The Kier molecular flexibility index (Phi) is 3.55. The molecular formula is C17H27NO3. The van der Waals surface area contributed by atoms with E-state index in [-0.39, 0.29) is 17.6 Å². The normalized spacial score (nSPS) is 28.7. The maximum atomic E-state index is 12.1. The number of amides is 1. The van der Waals surface area contributed by atoms with Gasteiger partial charge in [-0.05, 0) is 64.4 Å². The summed E-state index contributed by atoms with van der Waals surface area (Å²) < 4.78 is 5.44. The smallest absolute Gasteiger partial charge is 0.410 e. The van der Waals surface area contributed by atoms with E-state index in [1.807, 2.05) is 20.8 Å². The van der Waals surface area contributed by atoms with Crippen molar-refractivity contribution in [3.05, 3.63) is 11.6 Å². The van der Waals surface area contributed by atoms with Gasteiger partial charge in [-0.1, -0.05) is 6.08 Å². The monoisotopic (exact) mass is 293 g/mol. The second-order valence-electron chi connectivity index (χ2n) is 7.91. The summed E-state index contributed by atoms with van der Waals surface area (Å²) in [6, 6.07) is 0. The van der Waals surface area contributed by atoms with Crippen molar-refractivity contribution in [2.24, 2.45) is 11.3 Å².